The Bertz CT molecular complexity index is 2510. The SMILES string of the molecule is CC(C)(C)c1ccc2c(c1)B1c3c(cccc3-n3c4ccccc4c4c3c1cc1c3ccccc3n(-c3ccccc3)c14)O2. The van der Waals surface area contributed by atoms with Crippen molar-refractivity contribution in [1.29, 1.82) is 0 Å². The standard InChI is InChI=1S/C40H29BN2O/c1-40(2,3)24-20-21-34-29(22-24)41-30-23-28-26-14-7-9-16-31(26)42(25-12-5-4-6-13-25)38(28)36-27-15-8-10-17-32(27)43(39(30)36)33-18-11-19-35(44-34)37(33)41/h4-23H,1-3H3. The van der Waals surface area contributed by atoms with Crippen molar-refractivity contribution in [1.82, 2.24) is 9.13 Å². The summed E-state index contributed by atoms with van der Waals surface area (Å²) in [4.78, 5) is 0. The predicted octanol–water partition coefficient (Wildman–Crippen LogP) is 8.11. The van der Waals surface area contributed by atoms with Crippen molar-refractivity contribution in [3.8, 4) is 22.9 Å². The van der Waals surface area contributed by atoms with E-state index < -0.39 is 0 Å². The first-order valence-corrected chi connectivity index (χ1v) is 15.5. The third-order valence-corrected chi connectivity index (χ3v) is 9.90. The fourth-order valence-electron chi connectivity index (χ4n) is 7.99. The molecule has 2 aliphatic rings. The zero-order valence-corrected chi connectivity index (χ0v) is 24.9. The van der Waals surface area contributed by atoms with Gasteiger partial charge in [-0.25, -0.2) is 0 Å². The molecule has 2 aromatic heterocycles. The molecule has 2 aliphatic heterocycles. The Balaban J connectivity index is 1.46. The van der Waals surface area contributed by atoms with Crippen molar-refractivity contribution in [2.24, 2.45) is 0 Å². The summed E-state index contributed by atoms with van der Waals surface area (Å²) in [6.45, 7) is 6.94. The van der Waals surface area contributed by atoms with E-state index in [1.807, 2.05) is 0 Å². The van der Waals surface area contributed by atoms with Gasteiger partial charge in [0, 0.05) is 32.9 Å². The summed E-state index contributed by atoms with van der Waals surface area (Å²) >= 11 is 0. The molecule has 3 nitrogen and oxygen atoms in total. The molecule has 0 saturated carbocycles. The van der Waals surface area contributed by atoms with Crippen molar-refractivity contribution in [2.75, 3.05) is 0 Å². The Morgan fingerprint density at radius 1 is 0.568 bits per heavy atom. The van der Waals surface area contributed by atoms with Crippen molar-refractivity contribution in [3.05, 3.63) is 127 Å². The molecule has 10 rings (SSSR count). The number of para-hydroxylation sites is 3. The summed E-state index contributed by atoms with van der Waals surface area (Å²) in [7, 11) is 0. The van der Waals surface area contributed by atoms with Crippen LogP contribution < -0.4 is 21.1 Å². The van der Waals surface area contributed by atoms with E-state index in [-0.39, 0.29) is 12.1 Å². The molecular formula is C40H29BN2O. The second kappa shape index (κ2) is 8.24. The normalized spacial score (nSPS) is 13.5. The lowest BCUT2D eigenvalue weighted by atomic mass is 9.34. The molecule has 0 amide bonds. The van der Waals surface area contributed by atoms with Gasteiger partial charge in [0.2, 0.25) is 0 Å². The summed E-state index contributed by atoms with van der Waals surface area (Å²) in [5, 5.41) is 5.14. The van der Waals surface area contributed by atoms with Crippen LogP contribution in [0.5, 0.6) is 11.5 Å². The van der Waals surface area contributed by atoms with Crippen LogP contribution in [0.15, 0.2) is 121 Å². The Kier molecular flexibility index (Phi) is 4.54. The van der Waals surface area contributed by atoms with E-state index in [0.717, 1.165) is 11.5 Å². The van der Waals surface area contributed by atoms with Crippen LogP contribution >= 0.6 is 0 Å². The van der Waals surface area contributed by atoms with Gasteiger partial charge >= 0.3 is 0 Å². The maximum Gasteiger partial charge on any atom is 0.256 e. The molecule has 0 atom stereocenters. The predicted molar refractivity (Wildman–Crippen MR) is 185 cm³/mol. The Hall–Kier alpha value is -5.22. The van der Waals surface area contributed by atoms with Crippen LogP contribution in [0.3, 0.4) is 0 Å². The molecule has 0 unspecified atom stereocenters. The minimum atomic E-state index is 0.0285. The number of aromatic nitrogens is 2. The third kappa shape index (κ3) is 2.98. The molecule has 0 radical (unpaired) electrons. The van der Waals surface area contributed by atoms with E-state index in [0.29, 0.717) is 0 Å². The minimum Gasteiger partial charge on any atom is -0.458 e. The molecule has 4 heterocycles. The topological polar surface area (TPSA) is 19.1 Å². The fraction of sp³-hybridized carbons (Fsp3) is 0.100. The number of benzene rings is 6. The third-order valence-electron chi connectivity index (χ3n) is 9.90. The van der Waals surface area contributed by atoms with Gasteiger partial charge in [-0.2, -0.15) is 0 Å². The second-order valence-electron chi connectivity index (χ2n) is 13.4. The largest absolute Gasteiger partial charge is 0.458 e. The van der Waals surface area contributed by atoms with Crippen LogP contribution in [0.1, 0.15) is 26.3 Å². The summed E-state index contributed by atoms with van der Waals surface area (Å²) < 4.78 is 11.7. The first-order valence-electron chi connectivity index (χ1n) is 15.5. The number of ether oxygens (including phenoxy) is 1. The van der Waals surface area contributed by atoms with E-state index in [4.69, 9.17) is 4.74 Å². The highest BCUT2D eigenvalue weighted by Gasteiger charge is 2.41. The van der Waals surface area contributed by atoms with Gasteiger partial charge in [0.05, 0.1) is 22.1 Å². The first kappa shape index (κ1) is 24.3. The zero-order valence-electron chi connectivity index (χ0n) is 24.9. The van der Waals surface area contributed by atoms with Crippen LogP contribution in [-0.4, -0.2) is 15.8 Å². The summed E-state index contributed by atoms with van der Waals surface area (Å²) in [5.41, 5.74) is 12.6. The summed E-state index contributed by atoms with van der Waals surface area (Å²) in [6, 6.07) is 44.5. The van der Waals surface area contributed by atoms with Gasteiger partial charge < -0.3 is 13.9 Å². The van der Waals surface area contributed by atoms with Gasteiger partial charge in [-0.3, -0.25) is 0 Å². The van der Waals surface area contributed by atoms with Crippen LogP contribution in [-0.2, 0) is 5.41 Å². The number of rotatable bonds is 1. The van der Waals surface area contributed by atoms with E-state index in [2.05, 4.69) is 151 Å². The highest BCUT2D eigenvalue weighted by atomic mass is 16.5. The molecule has 0 N–H and O–H groups in total. The molecule has 0 spiro atoms. The molecule has 6 aromatic carbocycles. The number of nitrogens with zero attached hydrogens (tertiary/aromatic N) is 2. The lowest BCUT2D eigenvalue weighted by Crippen LogP contribution is -2.58. The van der Waals surface area contributed by atoms with E-state index in [1.165, 1.54) is 76.9 Å². The quantitative estimate of drug-likeness (QED) is 0.184. The minimum absolute atomic E-state index is 0.0285. The molecule has 8 aromatic rings. The van der Waals surface area contributed by atoms with Crippen LogP contribution in [0.25, 0.3) is 55.0 Å². The Labute approximate surface area is 256 Å². The fourth-order valence-corrected chi connectivity index (χ4v) is 7.99. The van der Waals surface area contributed by atoms with E-state index >= 15 is 0 Å². The monoisotopic (exact) mass is 564 g/mol. The number of hydrogen-bond donors (Lipinski definition) is 0. The highest BCUT2D eigenvalue weighted by molar-refractivity contribution is 6.99. The van der Waals surface area contributed by atoms with Crippen molar-refractivity contribution in [3.63, 3.8) is 0 Å². The molecule has 0 fully saturated rings. The molecule has 44 heavy (non-hydrogen) atoms. The smallest absolute Gasteiger partial charge is 0.256 e. The Morgan fingerprint density at radius 3 is 2.09 bits per heavy atom. The summed E-state index contributed by atoms with van der Waals surface area (Å²) in [6.07, 6.45) is 0. The van der Waals surface area contributed by atoms with E-state index in [1.54, 1.807) is 0 Å². The second-order valence-corrected chi connectivity index (χ2v) is 13.4. The van der Waals surface area contributed by atoms with Gasteiger partial charge in [0.25, 0.3) is 6.71 Å². The number of hydrogen-bond acceptors (Lipinski definition) is 1. The van der Waals surface area contributed by atoms with Crippen LogP contribution in [0.2, 0.25) is 0 Å². The van der Waals surface area contributed by atoms with Crippen molar-refractivity contribution in [2.45, 2.75) is 26.2 Å². The van der Waals surface area contributed by atoms with Gasteiger partial charge in [-0.15, -0.1) is 0 Å². The molecule has 208 valence electrons. The van der Waals surface area contributed by atoms with Crippen molar-refractivity contribution >= 4 is 66.7 Å². The van der Waals surface area contributed by atoms with Crippen LogP contribution in [0, 0.1) is 0 Å². The highest BCUT2D eigenvalue weighted by Crippen LogP contribution is 2.43. The van der Waals surface area contributed by atoms with Gasteiger partial charge in [-0.05, 0) is 69.8 Å². The van der Waals surface area contributed by atoms with Gasteiger partial charge in [0.15, 0.2) is 0 Å². The summed E-state index contributed by atoms with van der Waals surface area (Å²) in [5.74, 6) is 1.91. The molecule has 0 aliphatic carbocycles. The zero-order chi connectivity index (χ0) is 29.3. The molecule has 0 bridgehead atoms. The van der Waals surface area contributed by atoms with E-state index in [9.17, 15) is 0 Å². The van der Waals surface area contributed by atoms with Gasteiger partial charge in [-0.1, -0.05) is 99.6 Å². The lowest BCUT2D eigenvalue weighted by Gasteiger charge is -2.34. The first-order chi connectivity index (χ1) is 21.5. The average Bonchev–Trinajstić information content (AvgIpc) is 3.56. The van der Waals surface area contributed by atoms with Crippen LogP contribution in [0.4, 0.5) is 0 Å². The number of fused-ring (bicyclic) bond motifs is 11. The maximum atomic E-state index is 6.69. The van der Waals surface area contributed by atoms with Gasteiger partial charge in [0.1, 0.15) is 11.5 Å². The Morgan fingerprint density at radius 2 is 1.30 bits per heavy atom. The lowest BCUT2D eigenvalue weighted by molar-refractivity contribution is 0.486. The average molecular weight is 564 g/mol. The molecular weight excluding hydrogens is 535 g/mol. The molecule has 0 saturated heterocycles. The molecule has 4 heteroatoms. The maximum absolute atomic E-state index is 6.69. The van der Waals surface area contributed by atoms with Crippen molar-refractivity contribution < 1.29 is 4.74 Å².